The number of thiazole rings is 1. The van der Waals surface area contributed by atoms with E-state index >= 15 is 0 Å². The topological polar surface area (TPSA) is 79.7 Å². The summed E-state index contributed by atoms with van der Waals surface area (Å²) in [6, 6.07) is 6.82. The molecular formula is C19H22N2O4S. The van der Waals surface area contributed by atoms with Crippen LogP contribution in [0.3, 0.4) is 0 Å². The zero-order chi connectivity index (χ0) is 18.7. The maximum atomic E-state index is 12.7. The second kappa shape index (κ2) is 7.86. The first-order chi connectivity index (χ1) is 12.5. The van der Waals surface area contributed by atoms with Crippen molar-refractivity contribution in [3.05, 3.63) is 35.3 Å². The van der Waals surface area contributed by atoms with Gasteiger partial charge in [0.1, 0.15) is 22.5 Å². The lowest BCUT2D eigenvalue weighted by atomic mass is 10.0. The second-order valence-corrected chi connectivity index (χ2v) is 7.44. The van der Waals surface area contributed by atoms with Gasteiger partial charge in [-0.2, -0.15) is 0 Å². The van der Waals surface area contributed by atoms with Crippen LogP contribution in [0.5, 0.6) is 5.75 Å². The Morgan fingerprint density at radius 1 is 1.27 bits per heavy atom. The van der Waals surface area contributed by atoms with Crippen molar-refractivity contribution in [3.8, 4) is 16.3 Å². The van der Waals surface area contributed by atoms with E-state index in [1.807, 2.05) is 38.1 Å². The summed E-state index contributed by atoms with van der Waals surface area (Å²) in [5, 5.41) is 11.8. The van der Waals surface area contributed by atoms with E-state index in [-0.39, 0.29) is 12.0 Å². The average molecular weight is 374 g/mol. The number of amides is 1. The second-order valence-electron chi connectivity index (χ2n) is 6.58. The highest BCUT2D eigenvalue weighted by molar-refractivity contribution is 7.13. The van der Waals surface area contributed by atoms with Crippen molar-refractivity contribution < 1.29 is 19.4 Å². The first kappa shape index (κ1) is 18.4. The number of carbonyl (C=O) groups excluding carboxylic acids is 1. The van der Waals surface area contributed by atoms with Gasteiger partial charge in [-0.25, -0.2) is 9.78 Å². The molecular weight excluding hydrogens is 352 g/mol. The van der Waals surface area contributed by atoms with Crippen LogP contribution in [0, 0.1) is 0 Å². The van der Waals surface area contributed by atoms with E-state index in [9.17, 15) is 14.7 Å². The van der Waals surface area contributed by atoms with Crippen LogP contribution in [0.4, 0.5) is 0 Å². The number of piperidine rings is 1. The molecule has 2 heterocycles. The molecule has 0 spiro atoms. The Bertz CT molecular complexity index is 785. The molecule has 1 aromatic heterocycles. The molecule has 1 aromatic carbocycles. The third-order valence-electron chi connectivity index (χ3n) is 4.25. The molecule has 7 heteroatoms. The van der Waals surface area contributed by atoms with Crippen molar-refractivity contribution in [2.75, 3.05) is 6.54 Å². The van der Waals surface area contributed by atoms with Crippen molar-refractivity contribution in [2.45, 2.75) is 45.3 Å². The maximum Gasteiger partial charge on any atom is 0.326 e. The van der Waals surface area contributed by atoms with Crippen molar-refractivity contribution in [1.82, 2.24) is 9.88 Å². The third kappa shape index (κ3) is 4.04. The zero-order valence-corrected chi connectivity index (χ0v) is 15.7. The van der Waals surface area contributed by atoms with Crippen LogP contribution >= 0.6 is 11.3 Å². The van der Waals surface area contributed by atoms with Crippen molar-refractivity contribution in [2.24, 2.45) is 0 Å². The van der Waals surface area contributed by atoms with E-state index < -0.39 is 12.0 Å². The molecule has 1 unspecified atom stereocenters. The number of nitrogens with zero attached hydrogens (tertiary/aromatic N) is 2. The van der Waals surface area contributed by atoms with Gasteiger partial charge in [0.15, 0.2) is 0 Å². The number of carbonyl (C=O) groups is 2. The summed E-state index contributed by atoms with van der Waals surface area (Å²) < 4.78 is 5.63. The molecule has 1 fully saturated rings. The molecule has 138 valence electrons. The van der Waals surface area contributed by atoms with Gasteiger partial charge < -0.3 is 14.7 Å². The molecule has 1 saturated heterocycles. The monoisotopic (exact) mass is 374 g/mol. The van der Waals surface area contributed by atoms with Gasteiger partial charge in [-0.1, -0.05) is 0 Å². The number of ether oxygens (including phenoxy) is 1. The van der Waals surface area contributed by atoms with Gasteiger partial charge in [-0.3, -0.25) is 4.79 Å². The number of hydrogen-bond donors (Lipinski definition) is 1. The highest BCUT2D eigenvalue weighted by atomic mass is 32.1. The molecule has 1 aliphatic rings. The smallest absolute Gasteiger partial charge is 0.326 e. The predicted molar refractivity (Wildman–Crippen MR) is 99.6 cm³/mol. The molecule has 1 atom stereocenters. The van der Waals surface area contributed by atoms with E-state index in [2.05, 4.69) is 4.98 Å². The van der Waals surface area contributed by atoms with E-state index in [4.69, 9.17) is 4.74 Å². The molecule has 0 saturated carbocycles. The third-order valence-corrected chi connectivity index (χ3v) is 5.14. The largest absolute Gasteiger partial charge is 0.491 e. The van der Waals surface area contributed by atoms with Gasteiger partial charge in [-0.15, -0.1) is 11.3 Å². The quantitative estimate of drug-likeness (QED) is 0.864. The summed E-state index contributed by atoms with van der Waals surface area (Å²) in [4.78, 5) is 30.0. The normalized spacial score (nSPS) is 17.3. The number of rotatable bonds is 5. The SMILES string of the molecule is CC(C)Oc1ccc(-c2nc(C(=O)N3CCCCC3C(=O)O)cs2)cc1. The number of carboxylic acids is 1. The lowest BCUT2D eigenvalue weighted by Gasteiger charge is -2.32. The summed E-state index contributed by atoms with van der Waals surface area (Å²) in [7, 11) is 0. The van der Waals surface area contributed by atoms with Crippen LogP contribution in [0.2, 0.25) is 0 Å². The summed E-state index contributed by atoms with van der Waals surface area (Å²) in [6.07, 6.45) is 2.25. The molecule has 3 rings (SSSR count). The Hall–Kier alpha value is -2.41. The van der Waals surface area contributed by atoms with Crippen LogP contribution in [-0.2, 0) is 4.79 Å². The summed E-state index contributed by atoms with van der Waals surface area (Å²) in [5.74, 6) is -0.470. The Balaban J connectivity index is 1.76. The fourth-order valence-electron chi connectivity index (χ4n) is 3.03. The van der Waals surface area contributed by atoms with Crippen molar-refractivity contribution >= 4 is 23.2 Å². The first-order valence-electron chi connectivity index (χ1n) is 8.72. The fraction of sp³-hybridized carbons (Fsp3) is 0.421. The standard InChI is InChI=1S/C19H22N2O4S/c1-12(2)25-14-8-6-13(7-9-14)17-20-15(11-26-17)18(22)21-10-4-3-5-16(21)19(23)24/h6-9,11-12,16H,3-5,10H2,1-2H3,(H,23,24). The van der Waals surface area contributed by atoms with Gasteiger partial charge >= 0.3 is 5.97 Å². The molecule has 1 aliphatic heterocycles. The highest BCUT2D eigenvalue weighted by Crippen LogP contribution is 2.27. The van der Waals surface area contributed by atoms with Crippen LogP contribution in [0.1, 0.15) is 43.6 Å². The molecule has 0 radical (unpaired) electrons. The Labute approximate surface area is 156 Å². The molecule has 0 bridgehead atoms. The number of aromatic nitrogens is 1. The van der Waals surface area contributed by atoms with Crippen LogP contribution in [0.25, 0.3) is 10.6 Å². The minimum absolute atomic E-state index is 0.108. The lowest BCUT2D eigenvalue weighted by molar-refractivity contribution is -0.143. The number of aliphatic carboxylic acids is 1. The van der Waals surface area contributed by atoms with Gasteiger partial charge in [-0.05, 0) is 57.4 Å². The summed E-state index contributed by atoms with van der Waals surface area (Å²) in [6.45, 7) is 4.40. The average Bonchev–Trinajstić information content (AvgIpc) is 3.11. The lowest BCUT2D eigenvalue weighted by Crippen LogP contribution is -2.48. The Kier molecular flexibility index (Phi) is 5.56. The Morgan fingerprint density at radius 3 is 2.65 bits per heavy atom. The van der Waals surface area contributed by atoms with E-state index in [1.165, 1.54) is 16.2 Å². The highest BCUT2D eigenvalue weighted by Gasteiger charge is 2.33. The molecule has 2 aromatic rings. The predicted octanol–water partition coefficient (Wildman–Crippen LogP) is 3.68. The van der Waals surface area contributed by atoms with Crippen molar-refractivity contribution in [1.29, 1.82) is 0 Å². The van der Waals surface area contributed by atoms with Gasteiger partial charge in [0.05, 0.1) is 6.10 Å². The first-order valence-corrected chi connectivity index (χ1v) is 9.60. The van der Waals surface area contributed by atoms with E-state index in [0.29, 0.717) is 18.7 Å². The van der Waals surface area contributed by atoms with Crippen LogP contribution < -0.4 is 4.74 Å². The number of hydrogen-bond acceptors (Lipinski definition) is 5. The minimum Gasteiger partial charge on any atom is -0.491 e. The Morgan fingerprint density at radius 2 is 2.00 bits per heavy atom. The van der Waals surface area contributed by atoms with Crippen molar-refractivity contribution in [3.63, 3.8) is 0 Å². The molecule has 1 amide bonds. The fourth-order valence-corrected chi connectivity index (χ4v) is 3.83. The van der Waals surface area contributed by atoms with Crippen LogP contribution in [0.15, 0.2) is 29.6 Å². The van der Waals surface area contributed by atoms with Crippen LogP contribution in [-0.4, -0.2) is 45.6 Å². The molecule has 1 N–H and O–H groups in total. The molecule has 26 heavy (non-hydrogen) atoms. The van der Waals surface area contributed by atoms with E-state index in [0.717, 1.165) is 29.2 Å². The summed E-state index contributed by atoms with van der Waals surface area (Å²) in [5.41, 5.74) is 1.21. The molecule has 6 nitrogen and oxygen atoms in total. The molecule has 0 aliphatic carbocycles. The number of carboxylic acid groups (broad SMARTS) is 1. The number of benzene rings is 1. The van der Waals surface area contributed by atoms with E-state index in [1.54, 1.807) is 5.38 Å². The zero-order valence-electron chi connectivity index (χ0n) is 14.8. The van der Waals surface area contributed by atoms with Gasteiger partial charge in [0.2, 0.25) is 0 Å². The summed E-state index contributed by atoms with van der Waals surface area (Å²) >= 11 is 1.38. The maximum absolute atomic E-state index is 12.7. The van der Waals surface area contributed by atoms with Gasteiger partial charge in [0, 0.05) is 17.5 Å². The van der Waals surface area contributed by atoms with Gasteiger partial charge in [0.25, 0.3) is 5.91 Å². The minimum atomic E-state index is -0.950. The number of likely N-dealkylation sites (tertiary alicyclic amines) is 1.